The summed E-state index contributed by atoms with van der Waals surface area (Å²) < 4.78 is 26.9. The summed E-state index contributed by atoms with van der Waals surface area (Å²) in [7, 11) is 0. The molecule has 2 N–H and O–H groups in total. The van der Waals surface area contributed by atoms with Crippen molar-refractivity contribution in [3.63, 3.8) is 0 Å². The molecule has 0 aliphatic carbocycles. The summed E-state index contributed by atoms with van der Waals surface area (Å²) in [5.74, 6) is 0.208. The zero-order chi connectivity index (χ0) is 20.9. The van der Waals surface area contributed by atoms with Crippen LogP contribution in [0.3, 0.4) is 0 Å². The van der Waals surface area contributed by atoms with Crippen LogP contribution in [0.25, 0.3) is 0 Å². The SMILES string of the molecule is C[C@@H](COC(C)(C)C)Oc1cc(Oc2ccc([S+](C)O)cc2)cc(C(=O)O)c1. The second kappa shape index (κ2) is 9.32. The molecule has 2 aromatic carbocycles. The Morgan fingerprint density at radius 3 is 2.21 bits per heavy atom. The minimum absolute atomic E-state index is 0.0681. The smallest absolute Gasteiger partial charge is 0.335 e. The maximum absolute atomic E-state index is 11.5. The fourth-order valence-corrected chi connectivity index (χ4v) is 2.83. The van der Waals surface area contributed by atoms with E-state index < -0.39 is 17.1 Å². The molecule has 0 aliphatic rings. The van der Waals surface area contributed by atoms with Gasteiger partial charge in [-0.05, 0) is 52.0 Å². The monoisotopic (exact) mass is 407 g/mol. The Labute approximate surface area is 168 Å². The molecule has 152 valence electrons. The van der Waals surface area contributed by atoms with Crippen LogP contribution in [0.15, 0.2) is 47.4 Å². The Morgan fingerprint density at radius 1 is 1.07 bits per heavy atom. The van der Waals surface area contributed by atoms with E-state index in [1.54, 1.807) is 36.6 Å². The van der Waals surface area contributed by atoms with Gasteiger partial charge in [-0.3, -0.25) is 0 Å². The van der Waals surface area contributed by atoms with E-state index in [2.05, 4.69) is 0 Å². The van der Waals surface area contributed by atoms with Gasteiger partial charge in [-0.1, -0.05) is 0 Å². The average Bonchev–Trinajstić information content (AvgIpc) is 2.59. The van der Waals surface area contributed by atoms with Crippen molar-refractivity contribution in [1.82, 2.24) is 0 Å². The molecule has 0 saturated heterocycles. The molecule has 0 spiro atoms. The van der Waals surface area contributed by atoms with Gasteiger partial charge < -0.3 is 19.3 Å². The van der Waals surface area contributed by atoms with E-state index in [-0.39, 0.29) is 17.3 Å². The summed E-state index contributed by atoms with van der Waals surface area (Å²) >= 11 is -0.828. The van der Waals surface area contributed by atoms with E-state index in [1.165, 1.54) is 12.1 Å². The zero-order valence-corrected chi connectivity index (χ0v) is 17.6. The number of rotatable bonds is 8. The number of aromatic carboxylic acids is 1. The number of carbonyl (C=O) groups is 1. The molecule has 0 heterocycles. The van der Waals surface area contributed by atoms with Gasteiger partial charge in [0.25, 0.3) is 0 Å². The molecule has 0 aliphatic heterocycles. The number of ether oxygens (including phenoxy) is 3. The summed E-state index contributed by atoms with van der Waals surface area (Å²) in [5.41, 5.74) is -0.216. The summed E-state index contributed by atoms with van der Waals surface area (Å²) in [4.78, 5) is 12.3. The van der Waals surface area contributed by atoms with Gasteiger partial charge in [0, 0.05) is 18.2 Å². The minimum Gasteiger partial charge on any atom is -0.488 e. The molecular formula is C21H27O6S+. The molecule has 0 fully saturated rings. The minimum atomic E-state index is -1.07. The van der Waals surface area contributed by atoms with E-state index in [4.69, 9.17) is 14.2 Å². The van der Waals surface area contributed by atoms with E-state index in [0.717, 1.165) is 4.90 Å². The third kappa shape index (κ3) is 7.07. The maximum atomic E-state index is 11.5. The number of carboxylic acids is 1. The standard InChI is InChI=1S/C21H26O6S/c1-14(13-25-21(2,3)4)26-17-10-15(20(22)23)11-18(12-17)27-16-6-8-19(9-7-16)28(5)24/h6-12,14,24H,13H2,1-5H3/p+1/t14-,28?/m0/s1. The van der Waals surface area contributed by atoms with Gasteiger partial charge in [0.1, 0.15) is 29.6 Å². The third-order valence-electron chi connectivity index (χ3n) is 3.62. The van der Waals surface area contributed by atoms with Gasteiger partial charge >= 0.3 is 5.97 Å². The Morgan fingerprint density at radius 2 is 1.68 bits per heavy atom. The lowest BCUT2D eigenvalue weighted by Crippen LogP contribution is -2.27. The Hall–Kier alpha value is -2.22. The van der Waals surface area contributed by atoms with Gasteiger partial charge in [-0.25, -0.2) is 4.79 Å². The summed E-state index contributed by atoms with van der Waals surface area (Å²) in [6, 6.07) is 11.5. The highest BCUT2D eigenvalue weighted by Gasteiger charge is 2.16. The van der Waals surface area contributed by atoms with Crippen LogP contribution in [0.1, 0.15) is 38.1 Å². The molecule has 0 radical (unpaired) electrons. The number of hydrogen-bond acceptors (Lipinski definition) is 5. The number of hydrogen-bond donors (Lipinski definition) is 2. The lowest BCUT2D eigenvalue weighted by atomic mass is 10.2. The molecule has 7 heteroatoms. The van der Waals surface area contributed by atoms with E-state index in [1.807, 2.05) is 27.7 Å². The number of carboxylic acid groups (broad SMARTS) is 1. The van der Waals surface area contributed by atoms with Crippen LogP contribution in [0.5, 0.6) is 17.2 Å². The van der Waals surface area contributed by atoms with Crippen molar-refractivity contribution in [2.45, 2.75) is 44.3 Å². The van der Waals surface area contributed by atoms with Crippen molar-refractivity contribution in [2.75, 3.05) is 12.9 Å². The van der Waals surface area contributed by atoms with Crippen molar-refractivity contribution in [1.29, 1.82) is 0 Å². The highest BCUT2D eigenvalue weighted by atomic mass is 32.2. The normalized spacial score (nSPS) is 13.6. The fourth-order valence-electron chi connectivity index (χ4n) is 2.30. The lowest BCUT2D eigenvalue weighted by molar-refractivity contribution is -0.0374. The van der Waals surface area contributed by atoms with Gasteiger partial charge in [-0.15, -0.1) is 0 Å². The van der Waals surface area contributed by atoms with Gasteiger partial charge in [-0.2, -0.15) is 4.55 Å². The van der Waals surface area contributed by atoms with Crippen LogP contribution in [0, 0.1) is 0 Å². The van der Waals surface area contributed by atoms with Crippen LogP contribution in [0.4, 0.5) is 0 Å². The molecular weight excluding hydrogens is 380 g/mol. The highest BCUT2D eigenvalue weighted by Crippen LogP contribution is 2.29. The molecule has 0 bridgehead atoms. The van der Waals surface area contributed by atoms with Crippen molar-refractivity contribution >= 4 is 17.1 Å². The van der Waals surface area contributed by atoms with Gasteiger partial charge in [0.15, 0.2) is 16.1 Å². The molecule has 1 unspecified atom stereocenters. The van der Waals surface area contributed by atoms with Crippen molar-refractivity contribution < 1.29 is 28.7 Å². The van der Waals surface area contributed by atoms with E-state index in [0.29, 0.717) is 23.9 Å². The maximum Gasteiger partial charge on any atom is 0.335 e. The first-order chi connectivity index (χ1) is 13.0. The molecule has 28 heavy (non-hydrogen) atoms. The number of benzene rings is 2. The van der Waals surface area contributed by atoms with E-state index >= 15 is 0 Å². The first-order valence-corrected chi connectivity index (χ1v) is 10.4. The van der Waals surface area contributed by atoms with Crippen LogP contribution >= 0.6 is 0 Å². The topological polar surface area (TPSA) is 85.2 Å². The van der Waals surface area contributed by atoms with Crippen LogP contribution < -0.4 is 9.47 Å². The van der Waals surface area contributed by atoms with Crippen LogP contribution in [-0.2, 0) is 15.9 Å². The first-order valence-electron chi connectivity index (χ1n) is 8.85. The highest BCUT2D eigenvalue weighted by molar-refractivity contribution is 7.90. The quantitative estimate of drug-likeness (QED) is 0.609. The average molecular weight is 408 g/mol. The van der Waals surface area contributed by atoms with Crippen molar-refractivity contribution in [3.8, 4) is 17.2 Å². The molecule has 6 nitrogen and oxygen atoms in total. The molecule has 0 amide bonds. The Kier molecular flexibility index (Phi) is 7.35. The molecule has 0 aromatic heterocycles. The third-order valence-corrected chi connectivity index (χ3v) is 4.57. The Bertz CT molecular complexity index is 796. The zero-order valence-electron chi connectivity index (χ0n) is 16.8. The van der Waals surface area contributed by atoms with Crippen molar-refractivity contribution in [2.24, 2.45) is 0 Å². The fraction of sp³-hybridized carbons (Fsp3) is 0.381. The Balaban J connectivity index is 2.16. The van der Waals surface area contributed by atoms with E-state index in [9.17, 15) is 14.5 Å². The van der Waals surface area contributed by atoms with Crippen LogP contribution in [0.2, 0.25) is 0 Å². The largest absolute Gasteiger partial charge is 0.488 e. The summed E-state index contributed by atoms with van der Waals surface area (Å²) in [6.07, 6.45) is 1.45. The molecule has 0 saturated carbocycles. The van der Waals surface area contributed by atoms with Crippen molar-refractivity contribution in [3.05, 3.63) is 48.0 Å². The molecule has 2 rings (SSSR count). The summed E-state index contributed by atoms with van der Waals surface area (Å²) in [5, 5.41) is 9.38. The van der Waals surface area contributed by atoms with Gasteiger partial charge in [0.2, 0.25) is 0 Å². The predicted molar refractivity (Wildman–Crippen MR) is 110 cm³/mol. The second-order valence-electron chi connectivity index (χ2n) is 7.40. The summed E-state index contributed by atoms with van der Waals surface area (Å²) in [6.45, 7) is 8.11. The molecule has 2 atom stereocenters. The molecule has 2 aromatic rings. The first kappa shape index (κ1) is 22.1. The van der Waals surface area contributed by atoms with Crippen LogP contribution in [-0.4, -0.2) is 40.2 Å². The lowest BCUT2D eigenvalue weighted by Gasteiger charge is -2.23. The van der Waals surface area contributed by atoms with Gasteiger partial charge in [0.05, 0.1) is 17.8 Å². The second-order valence-corrected chi connectivity index (χ2v) is 8.83. The predicted octanol–water partition coefficient (Wildman–Crippen LogP) is 4.84.